The van der Waals surface area contributed by atoms with Gasteiger partial charge in [-0.2, -0.15) is 0 Å². The van der Waals surface area contributed by atoms with Crippen LogP contribution in [0.2, 0.25) is 0 Å². The van der Waals surface area contributed by atoms with Gasteiger partial charge in [-0.25, -0.2) is 12.8 Å². The molecule has 3 nitrogen and oxygen atoms in total. The van der Waals surface area contributed by atoms with Gasteiger partial charge in [-0.1, -0.05) is 12.1 Å². The fourth-order valence-corrected chi connectivity index (χ4v) is 3.03. The van der Waals surface area contributed by atoms with Crippen LogP contribution in [0.3, 0.4) is 0 Å². The Morgan fingerprint density at radius 1 is 1.33 bits per heavy atom. The van der Waals surface area contributed by atoms with Gasteiger partial charge in [0.25, 0.3) is 0 Å². The molecule has 1 aliphatic rings. The lowest BCUT2D eigenvalue weighted by Crippen LogP contribution is -2.30. The summed E-state index contributed by atoms with van der Waals surface area (Å²) in [5, 5.41) is -0.317. The van der Waals surface area contributed by atoms with Gasteiger partial charge in [-0.3, -0.25) is 4.31 Å². The van der Waals surface area contributed by atoms with Crippen molar-refractivity contribution in [2.75, 3.05) is 11.4 Å². The second-order valence-electron chi connectivity index (χ2n) is 3.66. The normalized spacial score (nSPS) is 16.4. The molecule has 0 N–H and O–H groups in total. The Bertz CT molecular complexity index is 468. The lowest BCUT2D eigenvalue weighted by Gasteiger charge is -2.19. The molecule has 0 amide bonds. The van der Waals surface area contributed by atoms with Gasteiger partial charge in [0.05, 0.1) is 10.9 Å². The summed E-state index contributed by atoms with van der Waals surface area (Å²) in [5.41, 5.74) is 0.115. The summed E-state index contributed by atoms with van der Waals surface area (Å²) in [7, 11) is -1.95. The Balaban J connectivity index is 2.36. The van der Waals surface area contributed by atoms with Gasteiger partial charge in [-0.15, -0.1) is 0 Å². The van der Waals surface area contributed by atoms with E-state index >= 15 is 0 Å². The Labute approximate surface area is 88.6 Å². The first-order chi connectivity index (χ1) is 7.03. The molecule has 82 valence electrons. The van der Waals surface area contributed by atoms with Gasteiger partial charge < -0.3 is 0 Å². The van der Waals surface area contributed by atoms with Gasteiger partial charge in [-0.05, 0) is 25.0 Å². The number of sulfonamides is 1. The van der Waals surface area contributed by atoms with Crippen molar-refractivity contribution in [3.05, 3.63) is 30.1 Å². The Kier molecular flexibility index (Phi) is 2.42. The molecule has 1 fully saturated rings. The third kappa shape index (κ3) is 1.84. The highest BCUT2D eigenvalue weighted by molar-refractivity contribution is 7.93. The number of hydrogen-bond donors (Lipinski definition) is 0. The van der Waals surface area contributed by atoms with Crippen molar-refractivity contribution in [2.45, 2.75) is 18.1 Å². The summed E-state index contributed by atoms with van der Waals surface area (Å²) in [6.07, 6.45) is 1.36. The summed E-state index contributed by atoms with van der Waals surface area (Å²) >= 11 is 0. The van der Waals surface area contributed by atoms with Crippen molar-refractivity contribution >= 4 is 15.7 Å². The molecule has 0 aliphatic heterocycles. The highest BCUT2D eigenvalue weighted by Crippen LogP contribution is 2.33. The van der Waals surface area contributed by atoms with Crippen molar-refractivity contribution < 1.29 is 12.8 Å². The fraction of sp³-hybridized carbons (Fsp3) is 0.400. The quantitative estimate of drug-likeness (QED) is 0.792. The van der Waals surface area contributed by atoms with E-state index in [1.54, 1.807) is 6.07 Å². The van der Waals surface area contributed by atoms with Crippen LogP contribution in [0.25, 0.3) is 0 Å². The molecule has 0 unspecified atom stereocenters. The van der Waals surface area contributed by atoms with Crippen LogP contribution in [0, 0.1) is 5.82 Å². The Morgan fingerprint density at radius 3 is 2.47 bits per heavy atom. The number of hydrogen-bond acceptors (Lipinski definition) is 2. The fourth-order valence-electron chi connectivity index (χ4n) is 1.43. The largest absolute Gasteiger partial charge is 0.270 e. The molecule has 0 bridgehead atoms. The standard InChI is InChI=1S/C10H12FNO2S/c1-12(15(13,14)8-6-7-8)10-5-3-2-4-9(10)11/h2-5,8H,6-7H2,1H3. The van der Waals surface area contributed by atoms with Crippen molar-refractivity contribution in [2.24, 2.45) is 0 Å². The third-order valence-electron chi connectivity index (χ3n) is 2.52. The highest BCUT2D eigenvalue weighted by Gasteiger charge is 2.39. The van der Waals surface area contributed by atoms with Gasteiger partial charge in [0.15, 0.2) is 0 Å². The van der Waals surface area contributed by atoms with E-state index in [-0.39, 0.29) is 10.9 Å². The van der Waals surface area contributed by atoms with Crippen LogP contribution in [-0.4, -0.2) is 20.7 Å². The maximum absolute atomic E-state index is 13.3. The zero-order chi connectivity index (χ0) is 11.1. The second-order valence-corrected chi connectivity index (χ2v) is 5.91. The van der Waals surface area contributed by atoms with Crippen molar-refractivity contribution in [3.8, 4) is 0 Å². The van der Waals surface area contributed by atoms with Gasteiger partial charge in [0.1, 0.15) is 5.82 Å². The first-order valence-corrected chi connectivity index (χ1v) is 6.26. The summed E-state index contributed by atoms with van der Waals surface area (Å²) < 4.78 is 38.0. The smallest absolute Gasteiger partial charge is 0.237 e. The van der Waals surface area contributed by atoms with E-state index in [2.05, 4.69) is 0 Å². The topological polar surface area (TPSA) is 37.4 Å². The molecule has 2 rings (SSSR count). The van der Waals surface area contributed by atoms with Crippen LogP contribution in [0.15, 0.2) is 24.3 Å². The predicted molar refractivity (Wildman–Crippen MR) is 56.7 cm³/mol. The molecule has 0 radical (unpaired) electrons. The average Bonchev–Trinajstić information content (AvgIpc) is 3.00. The Hall–Kier alpha value is -1.10. The minimum Gasteiger partial charge on any atom is -0.270 e. The number of para-hydroxylation sites is 1. The average molecular weight is 229 g/mol. The van der Waals surface area contributed by atoms with Crippen LogP contribution < -0.4 is 4.31 Å². The number of nitrogens with zero attached hydrogens (tertiary/aromatic N) is 1. The van der Waals surface area contributed by atoms with E-state index < -0.39 is 15.8 Å². The summed E-state index contributed by atoms with van der Waals surface area (Å²) in [6, 6.07) is 5.89. The van der Waals surface area contributed by atoms with Gasteiger partial charge >= 0.3 is 0 Å². The molecule has 0 aromatic heterocycles. The molecule has 15 heavy (non-hydrogen) atoms. The van der Waals surface area contributed by atoms with Crippen LogP contribution >= 0.6 is 0 Å². The van der Waals surface area contributed by atoms with Gasteiger partial charge in [0, 0.05) is 7.05 Å². The predicted octanol–water partition coefficient (Wildman–Crippen LogP) is 1.75. The molecule has 1 saturated carbocycles. The molecule has 5 heteroatoms. The minimum absolute atomic E-state index is 0.115. The molecule has 0 spiro atoms. The molecule has 0 atom stereocenters. The number of anilines is 1. The lowest BCUT2D eigenvalue weighted by atomic mass is 10.3. The van der Waals surface area contributed by atoms with Crippen LogP contribution in [0.1, 0.15) is 12.8 Å². The second kappa shape index (κ2) is 3.48. The zero-order valence-electron chi connectivity index (χ0n) is 8.35. The molecule has 1 aromatic rings. The van der Waals surface area contributed by atoms with E-state index in [0.717, 1.165) is 4.31 Å². The van der Waals surface area contributed by atoms with E-state index in [4.69, 9.17) is 0 Å². The summed E-state index contributed by atoms with van der Waals surface area (Å²) in [5.74, 6) is -0.510. The third-order valence-corrected chi connectivity index (χ3v) is 4.79. The van der Waals surface area contributed by atoms with Crippen LogP contribution in [0.5, 0.6) is 0 Å². The van der Waals surface area contributed by atoms with E-state index in [9.17, 15) is 12.8 Å². The number of halogens is 1. The minimum atomic E-state index is -3.35. The van der Waals surface area contributed by atoms with Crippen molar-refractivity contribution in [1.82, 2.24) is 0 Å². The monoisotopic (exact) mass is 229 g/mol. The van der Waals surface area contributed by atoms with Crippen molar-refractivity contribution in [3.63, 3.8) is 0 Å². The van der Waals surface area contributed by atoms with E-state index in [1.807, 2.05) is 0 Å². The highest BCUT2D eigenvalue weighted by atomic mass is 32.2. The SMILES string of the molecule is CN(c1ccccc1F)S(=O)(=O)C1CC1. The summed E-state index contributed by atoms with van der Waals surface area (Å²) in [6.45, 7) is 0. The molecular weight excluding hydrogens is 217 g/mol. The summed E-state index contributed by atoms with van der Waals surface area (Å²) in [4.78, 5) is 0. The van der Waals surface area contributed by atoms with Gasteiger partial charge in [0.2, 0.25) is 10.0 Å². The zero-order valence-corrected chi connectivity index (χ0v) is 9.17. The first-order valence-electron chi connectivity index (χ1n) is 4.76. The maximum atomic E-state index is 13.3. The molecule has 1 aromatic carbocycles. The van der Waals surface area contributed by atoms with E-state index in [1.165, 1.54) is 25.2 Å². The molecule has 0 heterocycles. The number of benzene rings is 1. The van der Waals surface area contributed by atoms with Crippen molar-refractivity contribution in [1.29, 1.82) is 0 Å². The van der Waals surface area contributed by atoms with E-state index in [0.29, 0.717) is 12.8 Å². The maximum Gasteiger partial charge on any atom is 0.237 e. The van der Waals surface area contributed by atoms with Crippen LogP contribution in [0.4, 0.5) is 10.1 Å². The van der Waals surface area contributed by atoms with Crippen LogP contribution in [-0.2, 0) is 10.0 Å². The Morgan fingerprint density at radius 2 is 1.93 bits per heavy atom. The molecule has 1 aliphatic carbocycles. The number of rotatable bonds is 3. The first kappa shape index (κ1) is 10.4. The lowest BCUT2D eigenvalue weighted by molar-refractivity contribution is 0.588. The molecule has 0 saturated heterocycles. The molecular formula is C10H12FNO2S.